The first-order valence-corrected chi connectivity index (χ1v) is 8.39. The molecule has 0 atom stereocenters. The minimum atomic E-state index is -1.21. The zero-order valence-corrected chi connectivity index (χ0v) is 15.4. The summed E-state index contributed by atoms with van der Waals surface area (Å²) in [5.74, 6) is -0.668. The quantitative estimate of drug-likeness (QED) is 0.278. The number of aromatic nitrogens is 2. The number of rotatable bonds is 3. The maximum absolute atomic E-state index is 10.4. The minimum Gasteiger partial charge on any atom is -0.497 e. The van der Waals surface area contributed by atoms with Gasteiger partial charge in [0.25, 0.3) is 11.4 Å². The number of nitro groups is 3. The van der Waals surface area contributed by atoms with E-state index >= 15 is 0 Å². The number of benzene rings is 2. The second-order valence-corrected chi connectivity index (χ2v) is 6.05. The Morgan fingerprint density at radius 1 is 0.871 bits per heavy atom. The molecule has 0 unspecified atom stereocenters. The highest BCUT2D eigenvalue weighted by atomic mass is 16.6. The van der Waals surface area contributed by atoms with Gasteiger partial charge in [0.1, 0.15) is 5.82 Å². The third-order valence-electron chi connectivity index (χ3n) is 4.12. The van der Waals surface area contributed by atoms with Gasteiger partial charge in [-0.15, -0.1) is 0 Å². The number of nitrogens with zero attached hydrogens (tertiary/aromatic N) is 5. The maximum Gasteiger partial charge on any atom is 0.324 e. The van der Waals surface area contributed by atoms with Crippen LogP contribution in [0.15, 0.2) is 54.7 Å². The van der Waals surface area contributed by atoms with Gasteiger partial charge >= 0.3 is 11.4 Å². The SMILES string of the molecule is Nc1ccc2c(ccc3cccnc32)n1.O=[N+]([O-])c1cc([N+](=O)[O-])c(O)c([N+](=O)[O-])c1. The van der Waals surface area contributed by atoms with Crippen LogP contribution in [0.2, 0.25) is 0 Å². The first-order chi connectivity index (χ1) is 14.7. The summed E-state index contributed by atoms with van der Waals surface area (Å²) in [6, 6.07) is 12.6. The van der Waals surface area contributed by atoms with E-state index in [1.165, 1.54) is 0 Å². The lowest BCUT2D eigenvalue weighted by Crippen LogP contribution is -1.97. The monoisotopic (exact) mass is 424 g/mol. The van der Waals surface area contributed by atoms with E-state index in [0.717, 1.165) is 21.8 Å². The molecule has 0 saturated heterocycles. The molecular formula is C18H12N6O7. The van der Waals surface area contributed by atoms with E-state index in [2.05, 4.69) is 9.97 Å². The summed E-state index contributed by atoms with van der Waals surface area (Å²) in [6.45, 7) is 0. The third kappa shape index (κ3) is 4.24. The second-order valence-electron chi connectivity index (χ2n) is 6.05. The highest BCUT2D eigenvalue weighted by Gasteiger charge is 2.30. The Labute approximate surface area is 171 Å². The molecule has 0 saturated carbocycles. The molecule has 13 heteroatoms. The number of aromatic hydroxyl groups is 1. The molecular weight excluding hydrogens is 412 g/mol. The molecule has 4 aromatic rings. The molecule has 0 aliphatic carbocycles. The van der Waals surface area contributed by atoms with E-state index in [1.54, 1.807) is 12.3 Å². The number of fused-ring (bicyclic) bond motifs is 3. The minimum absolute atomic E-state index is 0.447. The number of nitrogen functional groups attached to an aromatic ring is 1. The average Bonchev–Trinajstić information content (AvgIpc) is 2.73. The molecule has 2 aromatic heterocycles. The van der Waals surface area contributed by atoms with Crippen molar-refractivity contribution in [1.29, 1.82) is 0 Å². The molecule has 31 heavy (non-hydrogen) atoms. The average molecular weight is 424 g/mol. The van der Waals surface area contributed by atoms with Crippen molar-refractivity contribution in [3.8, 4) is 5.75 Å². The summed E-state index contributed by atoms with van der Waals surface area (Å²) in [4.78, 5) is 36.4. The van der Waals surface area contributed by atoms with Crippen molar-refractivity contribution >= 4 is 44.7 Å². The fourth-order valence-corrected chi connectivity index (χ4v) is 2.74. The summed E-state index contributed by atoms with van der Waals surface area (Å²) in [5.41, 5.74) is 4.50. The zero-order valence-electron chi connectivity index (χ0n) is 15.4. The van der Waals surface area contributed by atoms with Crippen LogP contribution in [0.3, 0.4) is 0 Å². The summed E-state index contributed by atoms with van der Waals surface area (Å²) < 4.78 is 0. The molecule has 0 aliphatic heterocycles. The van der Waals surface area contributed by atoms with Crippen LogP contribution in [0.5, 0.6) is 5.75 Å². The number of nitro benzene ring substituents is 3. The number of phenolic OH excluding ortho intramolecular Hbond substituents is 1. The molecule has 13 nitrogen and oxygen atoms in total. The van der Waals surface area contributed by atoms with Crippen LogP contribution in [0.4, 0.5) is 22.9 Å². The Kier molecular flexibility index (Phi) is 5.50. The first-order valence-electron chi connectivity index (χ1n) is 8.39. The van der Waals surface area contributed by atoms with Crippen molar-refractivity contribution in [3.05, 3.63) is 85.1 Å². The van der Waals surface area contributed by atoms with Crippen LogP contribution in [0, 0.1) is 30.3 Å². The lowest BCUT2D eigenvalue weighted by Gasteiger charge is -2.02. The maximum atomic E-state index is 10.4. The molecule has 2 aromatic carbocycles. The topological polar surface area (TPSA) is 201 Å². The zero-order chi connectivity index (χ0) is 22.7. The molecule has 0 bridgehead atoms. The fraction of sp³-hybridized carbons (Fsp3) is 0. The molecule has 0 amide bonds. The van der Waals surface area contributed by atoms with E-state index in [1.807, 2.05) is 30.3 Å². The first kappa shape index (κ1) is 20.8. The summed E-state index contributed by atoms with van der Waals surface area (Å²) >= 11 is 0. The van der Waals surface area contributed by atoms with Crippen LogP contribution in [-0.2, 0) is 0 Å². The van der Waals surface area contributed by atoms with Gasteiger partial charge in [0.05, 0.1) is 37.9 Å². The number of pyridine rings is 2. The summed E-state index contributed by atoms with van der Waals surface area (Å²) in [6.07, 6.45) is 1.79. The predicted molar refractivity (Wildman–Crippen MR) is 110 cm³/mol. The van der Waals surface area contributed by atoms with Crippen molar-refractivity contribution in [2.75, 3.05) is 5.73 Å². The standard InChI is InChI=1S/C12H9N3.C6H3N3O7/c13-11-6-4-9-10(15-11)5-3-8-2-1-7-14-12(8)9;10-6-4(8(13)14)1-3(7(11)12)2-5(6)9(15)16/h1-7H,(H2,13,15);1-2,10H. The molecule has 0 fully saturated rings. The van der Waals surface area contributed by atoms with Crippen LogP contribution < -0.4 is 5.73 Å². The number of nitrogens with two attached hydrogens (primary N) is 1. The predicted octanol–water partition coefficient (Wildman–Crippen LogP) is 3.48. The highest BCUT2D eigenvalue weighted by molar-refractivity contribution is 6.03. The lowest BCUT2D eigenvalue weighted by molar-refractivity contribution is -0.404. The third-order valence-corrected chi connectivity index (χ3v) is 4.12. The largest absolute Gasteiger partial charge is 0.497 e. The normalized spacial score (nSPS) is 10.3. The van der Waals surface area contributed by atoms with Crippen LogP contribution in [0.1, 0.15) is 0 Å². The molecule has 3 N–H and O–H groups in total. The van der Waals surface area contributed by atoms with Gasteiger partial charge in [-0.05, 0) is 24.3 Å². The van der Waals surface area contributed by atoms with Crippen LogP contribution in [0.25, 0.3) is 21.8 Å². The molecule has 2 heterocycles. The Hall–Kier alpha value is -4.94. The molecule has 0 spiro atoms. The van der Waals surface area contributed by atoms with Gasteiger partial charge in [0.15, 0.2) is 0 Å². The fourth-order valence-electron chi connectivity index (χ4n) is 2.74. The van der Waals surface area contributed by atoms with Gasteiger partial charge in [0.2, 0.25) is 0 Å². The molecule has 4 rings (SSSR count). The van der Waals surface area contributed by atoms with E-state index < -0.39 is 37.6 Å². The number of hydrogen-bond acceptors (Lipinski definition) is 10. The van der Waals surface area contributed by atoms with E-state index in [4.69, 9.17) is 10.8 Å². The van der Waals surface area contributed by atoms with Gasteiger partial charge < -0.3 is 10.8 Å². The van der Waals surface area contributed by atoms with Crippen molar-refractivity contribution in [2.45, 2.75) is 0 Å². The Balaban J connectivity index is 0.000000176. The van der Waals surface area contributed by atoms with E-state index in [-0.39, 0.29) is 0 Å². The number of hydrogen-bond donors (Lipinski definition) is 2. The van der Waals surface area contributed by atoms with E-state index in [9.17, 15) is 30.3 Å². The molecule has 0 radical (unpaired) electrons. The summed E-state index contributed by atoms with van der Waals surface area (Å²) in [5, 5.41) is 42.4. The van der Waals surface area contributed by atoms with Crippen molar-refractivity contribution in [2.24, 2.45) is 0 Å². The number of phenols is 1. The van der Waals surface area contributed by atoms with Crippen molar-refractivity contribution in [1.82, 2.24) is 9.97 Å². The van der Waals surface area contributed by atoms with Gasteiger partial charge in [-0.3, -0.25) is 35.3 Å². The van der Waals surface area contributed by atoms with Gasteiger partial charge in [0, 0.05) is 17.0 Å². The van der Waals surface area contributed by atoms with Crippen molar-refractivity contribution in [3.63, 3.8) is 0 Å². The Morgan fingerprint density at radius 3 is 2.10 bits per heavy atom. The second kappa shape index (κ2) is 8.20. The van der Waals surface area contributed by atoms with Crippen molar-refractivity contribution < 1.29 is 19.9 Å². The van der Waals surface area contributed by atoms with Crippen LogP contribution in [-0.4, -0.2) is 29.8 Å². The van der Waals surface area contributed by atoms with Gasteiger partial charge in [-0.1, -0.05) is 12.1 Å². The smallest absolute Gasteiger partial charge is 0.324 e. The highest BCUT2D eigenvalue weighted by Crippen LogP contribution is 2.38. The number of anilines is 1. The Morgan fingerprint density at radius 2 is 1.52 bits per heavy atom. The molecule has 156 valence electrons. The van der Waals surface area contributed by atoms with Gasteiger partial charge in [-0.2, -0.15) is 0 Å². The Bertz CT molecular complexity index is 1320. The molecule has 0 aliphatic rings. The summed E-state index contributed by atoms with van der Waals surface area (Å²) in [7, 11) is 0. The number of non-ortho nitro benzene ring substituents is 1. The van der Waals surface area contributed by atoms with Crippen LogP contribution >= 0.6 is 0 Å². The lowest BCUT2D eigenvalue weighted by atomic mass is 10.1. The van der Waals surface area contributed by atoms with Gasteiger partial charge in [-0.25, -0.2) is 4.98 Å². The van der Waals surface area contributed by atoms with E-state index in [0.29, 0.717) is 18.0 Å².